The summed E-state index contributed by atoms with van der Waals surface area (Å²) < 4.78 is 0. The fourth-order valence-electron chi connectivity index (χ4n) is 2.12. The predicted octanol–water partition coefficient (Wildman–Crippen LogP) is 1.26. The van der Waals surface area contributed by atoms with Gasteiger partial charge in [-0.2, -0.15) is 0 Å². The van der Waals surface area contributed by atoms with E-state index in [1.165, 1.54) is 12.8 Å². The molecule has 0 aliphatic carbocycles. The second-order valence-corrected chi connectivity index (χ2v) is 4.53. The van der Waals surface area contributed by atoms with Gasteiger partial charge in [-0.25, -0.2) is 0 Å². The van der Waals surface area contributed by atoms with Crippen LogP contribution in [0.5, 0.6) is 0 Å². The molecule has 0 saturated carbocycles. The van der Waals surface area contributed by atoms with E-state index in [1.54, 1.807) is 6.20 Å². The van der Waals surface area contributed by atoms with Gasteiger partial charge in [-0.15, -0.1) is 0 Å². The van der Waals surface area contributed by atoms with Crippen LogP contribution in [0.3, 0.4) is 0 Å². The average Bonchev–Trinajstić information content (AvgIpc) is 2.38. The van der Waals surface area contributed by atoms with Gasteiger partial charge in [-0.1, -0.05) is 12.5 Å². The van der Waals surface area contributed by atoms with Crippen molar-refractivity contribution < 1.29 is 4.79 Å². The summed E-state index contributed by atoms with van der Waals surface area (Å²) >= 11 is 0. The Hall–Kier alpha value is -1.42. The highest BCUT2D eigenvalue weighted by Gasteiger charge is 2.15. The van der Waals surface area contributed by atoms with Gasteiger partial charge in [-0.3, -0.25) is 9.78 Å². The zero-order valence-electron chi connectivity index (χ0n) is 10.2. The number of nitrogens with zero attached hydrogens (tertiary/aromatic N) is 1. The molecule has 1 saturated heterocycles. The Morgan fingerprint density at radius 1 is 1.59 bits per heavy atom. The van der Waals surface area contributed by atoms with Crippen LogP contribution in [0, 0.1) is 6.92 Å². The predicted molar refractivity (Wildman–Crippen MR) is 66.9 cm³/mol. The van der Waals surface area contributed by atoms with Crippen molar-refractivity contribution in [3.05, 3.63) is 29.6 Å². The molecule has 0 radical (unpaired) electrons. The molecule has 92 valence electrons. The molecule has 2 rings (SSSR count). The lowest BCUT2D eigenvalue weighted by Gasteiger charge is -2.23. The summed E-state index contributed by atoms with van der Waals surface area (Å²) in [5, 5.41) is 6.35. The highest BCUT2D eigenvalue weighted by molar-refractivity contribution is 5.93. The Labute approximate surface area is 102 Å². The lowest BCUT2D eigenvalue weighted by molar-refractivity contribution is 0.0942. The Morgan fingerprint density at radius 2 is 2.47 bits per heavy atom. The van der Waals surface area contributed by atoms with E-state index in [0.29, 0.717) is 18.3 Å². The number of hydrogen-bond acceptors (Lipinski definition) is 3. The molecule has 1 amide bonds. The number of amides is 1. The minimum absolute atomic E-state index is 0.0736. The van der Waals surface area contributed by atoms with Crippen LogP contribution in [-0.2, 0) is 0 Å². The molecule has 1 unspecified atom stereocenters. The number of carbonyl (C=O) groups excluding carboxylic acids is 1. The third-order valence-corrected chi connectivity index (χ3v) is 3.15. The summed E-state index contributed by atoms with van der Waals surface area (Å²) in [6, 6.07) is 4.16. The molecular formula is C13H19N3O. The van der Waals surface area contributed by atoms with Crippen molar-refractivity contribution in [3.8, 4) is 0 Å². The Morgan fingerprint density at radius 3 is 3.18 bits per heavy atom. The van der Waals surface area contributed by atoms with E-state index in [4.69, 9.17) is 0 Å². The van der Waals surface area contributed by atoms with Gasteiger partial charge in [-0.05, 0) is 37.9 Å². The van der Waals surface area contributed by atoms with Crippen LogP contribution < -0.4 is 10.6 Å². The normalized spacial score (nSPS) is 19.9. The molecule has 4 nitrogen and oxygen atoms in total. The number of aryl methyl sites for hydroxylation is 1. The molecule has 2 N–H and O–H groups in total. The van der Waals surface area contributed by atoms with Gasteiger partial charge in [0.2, 0.25) is 0 Å². The van der Waals surface area contributed by atoms with Gasteiger partial charge in [0, 0.05) is 18.8 Å². The fourth-order valence-corrected chi connectivity index (χ4v) is 2.12. The highest BCUT2D eigenvalue weighted by atomic mass is 16.1. The van der Waals surface area contributed by atoms with Gasteiger partial charge in [0.25, 0.3) is 5.91 Å². The van der Waals surface area contributed by atoms with Crippen LogP contribution in [0.2, 0.25) is 0 Å². The summed E-state index contributed by atoms with van der Waals surface area (Å²) in [7, 11) is 0. The first-order chi connectivity index (χ1) is 8.27. The number of aromatic nitrogens is 1. The van der Waals surface area contributed by atoms with E-state index < -0.39 is 0 Å². The minimum Gasteiger partial charge on any atom is -0.349 e. The molecule has 0 aromatic carbocycles. The standard InChI is InChI=1S/C13H19N3O/c1-10-5-4-8-15-12(10)13(17)16-9-11-6-2-3-7-14-11/h4-5,8,11,14H,2-3,6-7,9H2,1H3,(H,16,17). The number of hydrogen-bond donors (Lipinski definition) is 2. The van der Waals surface area contributed by atoms with Gasteiger partial charge in [0.15, 0.2) is 0 Å². The lowest BCUT2D eigenvalue weighted by atomic mass is 10.1. The maximum absolute atomic E-state index is 11.9. The first kappa shape index (κ1) is 12.0. The van der Waals surface area contributed by atoms with Crippen molar-refractivity contribution in [1.82, 2.24) is 15.6 Å². The third kappa shape index (κ3) is 3.27. The van der Waals surface area contributed by atoms with Gasteiger partial charge in [0.05, 0.1) is 0 Å². The first-order valence-corrected chi connectivity index (χ1v) is 6.20. The molecule has 1 atom stereocenters. The summed E-state index contributed by atoms with van der Waals surface area (Å²) in [6.45, 7) is 3.65. The Balaban J connectivity index is 1.87. The second kappa shape index (κ2) is 5.77. The summed E-state index contributed by atoms with van der Waals surface area (Å²) in [5.74, 6) is -0.0736. The van der Waals surface area contributed by atoms with Crippen molar-refractivity contribution in [2.75, 3.05) is 13.1 Å². The molecular weight excluding hydrogens is 214 g/mol. The quantitative estimate of drug-likeness (QED) is 0.826. The van der Waals surface area contributed by atoms with Gasteiger partial charge in [0.1, 0.15) is 5.69 Å². The van der Waals surface area contributed by atoms with Crippen LogP contribution in [-0.4, -0.2) is 30.0 Å². The van der Waals surface area contributed by atoms with E-state index in [9.17, 15) is 4.79 Å². The largest absolute Gasteiger partial charge is 0.349 e. The molecule has 1 fully saturated rings. The van der Waals surface area contributed by atoms with Crippen LogP contribution in [0.15, 0.2) is 18.3 Å². The molecule has 1 aromatic heterocycles. The van der Waals surface area contributed by atoms with E-state index in [2.05, 4.69) is 15.6 Å². The molecule has 1 aromatic rings. The fraction of sp³-hybridized carbons (Fsp3) is 0.538. The number of nitrogens with one attached hydrogen (secondary N) is 2. The molecule has 1 aliphatic heterocycles. The highest BCUT2D eigenvalue weighted by Crippen LogP contribution is 2.07. The average molecular weight is 233 g/mol. The van der Waals surface area contributed by atoms with Crippen molar-refractivity contribution >= 4 is 5.91 Å². The summed E-state index contributed by atoms with van der Waals surface area (Å²) in [6.07, 6.45) is 5.28. The Bertz CT molecular complexity index is 386. The molecule has 0 spiro atoms. The zero-order chi connectivity index (χ0) is 12.1. The molecule has 4 heteroatoms. The van der Waals surface area contributed by atoms with Gasteiger partial charge >= 0.3 is 0 Å². The SMILES string of the molecule is Cc1cccnc1C(=O)NCC1CCCCN1. The zero-order valence-corrected chi connectivity index (χ0v) is 10.2. The first-order valence-electron chi connectivity index (χ1n) is 6.20. The van der Waals surface area contributed by atoms with Crippen LogP contribution >= 0.6 is 0 Å². The monoisotopic (exact) mass is 233 g/mol. The second-order valence-electron chi connectivity index (χ2n) is 4.53. The number of piperidine rings is 1. The summed E-state index contributed by atoms with van der Waals surface area (Å²) in [5.41, 5.74) is 1.45. The Kier molecular flexibility index (Phi) is 4.09. The molecule has 17 heavy (non-hydrogen) atoms. The van der Waals surface area contributed by atoms with Crippen LogP contribution in [0.4, 0.5) is 0 Å². The minimum atomic E-state index is -0.0736. The van der Waals surface area contributed by atoms with Crippen molar-refractivity contribution in [2.24, 2.45) is 0 Å². The van der Waals surface area contributed by atoms with Crippen LogP contribution in [0.1, 0.15) is 35.3 Å². The number of carbonyl (C=O) groups is 1. The van der Waals surface area contributed by atoms with Crippen molar-refractivity contribution in [1.29, 1.82) is 0 Å². The molecule has 2 heterocycles. The van der Waals surface area contributed by atoms with E-state index in [1.807, 2.05) is 19.1 Å². The lowest BCUT2D eigenvalue weighted by Crippen LogP contribution is -2.43. The van der Waals surface area contributed by atoms with Gasteiger partial charge < -0.3 is 10.6 Å². The van der Waals surface area contributed by atoms with Crippen molar-refractivity contribution in [3.63, 3.8) is 0 Å². The molecule has 1 aliphatic rings. The van der Waals surface area contributed by atoms with E-state index >= 15 is 0 Å². The van der Waals surface area contributed by atoms with E-state index in [0.717, 1.165) is 18.5 Å². The summed E-state index contributed by atoms with van der Waals surface area (Å²) in [4.78, 5) is 16.0. The van der Waals surface area contributed by atoms with Crippen molar-refractivity contribution in [2.45, 2.75) is 32.2 Å². The maximum Gasteiger partial charge on any atom is 0.270 e. The topological polar surface area (TPSA) is 54.0 Å². The smallest absolute Gasteiger partial charge is 0.270 e. The third-order valence-electron chi connectivity index (χ3n) is 3.15. The maximum atomic E-state index is 11.9. The number of rotatable bonds is 3. The van der Waals surface area contributed by atoms with Crippen LogP contribution in [0.25, 0.3) is 0 Å². The number of pyridine rings is 1. The van der Waals surface area contributed by atoms with E-state index in [-0.39, 0.29) is 5.91 Å². The molecule has 0 bridgehead atoms.